The number of fused-ring (bicyclic) bond motifs is 1. The van der Waals surface area contributed by atoms with Crippen molar-refractivity contribution in [3.63, 3.8) is 0 Å². The highest BCUT2D eigenvalue weighted by molar-refractivity contribution is 6.33. The van der Waals surface area contributed by atoms with Gasteiger partial charge in [-0.3, -0.25) is 4.79 Å². The first-order valence-corrected chi connectivity index (χ1v) is 9.35. The van der Waals surface area contributed by atoms with Crippen molar-refractivity contribution in [2.45, 2.75) is 6.18 Å². The molecule has 0 atom stereocenters. The molecule has 0 unspecified atom stereocenters. The van der Waals surface area contributed by atoms with E-state index in [2.05, 4.69) is 10.3 Å². The molecule has 0 aliphatic carbocycles. The molecular weight excluding hydrogens is 419 g/mol. The van der Waals surface area contributed by atoms with Crippen molar-refractivity contribution in [2.75, 3.05) is 23.4 Å². The summed E-state index contributed by atoms with van der Waals surface area (Å²) in [5.41, 5.74) is 0.334. The number of carbonyl (C=O) groups is 1. The standard InChI is InChI=1S/C21H15ClF3N3O2/c22-16-4-2-10-26-19(16)28-11-12-30-18-15(3-1-5-17(18)28)20(29)27-14-8-6-13(7-9-14)21(23,24)25/h1-10H,11-12H2,(H,27,29). The van der Waals surface area contributed by atoms with Crippen LogP contribution in [0.25, 0.3) is 0 Å². The average molecular weight is 434 g/mol. The highest BCUT2D eigenvalue weighted by Crippen LogP contribution is 2.40. The van der Waals surface area contributed by atoms with E-state index in [1.54, 1.807) is 36.5 Å². The van der Waals surface area contributed by atoms with Crippen molar-refractivity contribution in [1.29, 1.82) is 0 Å². The van der Waals surface area contributed by atoms with E-state index < -0.39 is 17.6 Å². The van der Waals surface area contributed by atoms with Crippen LogP contribution < -0.4 is 15.0 Å². The van der Waals surface area contributed by atoms with Gasteiger partial charge in [-0.2, -0.15) is 13.2 Å². The topological polar surface area (TPSA) is 54.5 Å². The summed E-state index contributed by atoms with van der Waals surface area (Å²) in [5.74, 6) is 0.402. The number of benzene rings is 2. The summed E-state index contributed by atoms with van der Waals surface area (Å²) in [5, 5.41) is 3.07. The molecule has 1 amide bonds. The quantitative estimate of drug-likeness (QED) is 0.589. The molecule has 1 N–H and O–H groups in total. The fraction of sp³-hybridized carbons (Fsp3) is 0.143. The Morgan fingerprint density at radius 3 is 2.57 bits per heavy atom. The van der Waals surface area contributed by atoms with Gasteiger partial charge in [0.2, 0.25) is 0 Å². The maximum Gasteiger partial charge on any atom is 0.416 e. The fourth-order valence-electron chi connectivity index (χ4n) is 3.16. The van der Waals surface area contributed by atoms with Gasteiger partial charge in [-0.1, -0.05) is 17.7 Å². The van der Waals surface area contributed by atoms with Gasteiger partial charge in [-0.25, -0.2) is 4.98 Å². The van der Waals surface area contributed by atoms with E-state index in [1.165, 1.54) is 12.1 Å². The van der Waals surface area contributed by atoms with Crippen LogP contribution in [-0.2, 0) is 6.18 Å². The molecule has 1 aliphatic rings. The van der Waals surface area contributed by atoms with Crippen LogP contribution in [-0.4, -0.2) is 24.0 Å². The minimum Gasteiger partial charge on any atom is -0.489 e. The molecular formula is C21H15ClF3N3O2. The zero-order valence-corrected chi connectivity index (χ0v) is 16.2. The number of pyridine rings is 1. The minimum atomic E-state index is -4.44. The Hall–Kier alpha value is -3.26. The number of para-hydroxylation sites is 1. The van der Waals surface area contributed by atoms with E-state index in [9.17, 15) is 18.0 Å². The van der Waals surface area contributed by atoms with Gasteiger partial charge >= 0.3 is 6.18 Å². The van der Waals surface area contributed by atoms with Gasteiger partial charge in [0.25, 0.3) is 5.91 Å². The molecule has 9 heteroatoms. The molecule has 3 aromatic rings. The second kappa shape index (κ2) is 7.87. The summed E-state index contributed by atoms with van der Waals surface area (Å²) in [6.07, 6.45) is -2.82. The van der Waals surface area contributed by atoms with Crippen molar-refractivity contribution in [1.82, 2.24) is 4.98 Å². The molecule has 4 rings (SSSR count). The second-order valence-corrected chi connectivity index (χ2v) is 6.90. The highest BCUT2D eigenvalue weighted by Gasteiger charge is 2.30. The lowest BCUT2D eigenvalue weighted by atomic mass is 10.1. The first-order chi connectivity index (χ1) is 14.3. The van der Waals surface area contributed by atoms with Gasteiger partial charge in [0, 0.05) is 11.9 Å². The minimum absolute atomic E-state index is 0.242. The third-order valence-corrected chi connectivity index (χ3v) is 4.85. The molecule has 0 spiro atoms. The van der Waals surface area contributed by atoms with E-state index >= 15 is 0 Å². The summed E-state index contributed by atoms with van der Waals surface area (Å²) < 4.78 is 43.9. The predicted octanol–water partition coefficient (Wildman–Crippen LogP) is 5.54. The van der Waals surface area contributed by atoms with Gasteiger partial charge in [0.1, 0.15) is 6.61 Å². The van der Waals surface area contributed by atoms with Crippen molar-refractivity contribution in [2.24, 2.45) is 0 Å². The van der Waals surface area contributed by atoms with Crippen molar-refractivity contribution in [3.05, 3.63) is 76.9 Å². The Morgan fingerprint density at radius 2 is 1.87 bits per heavy atom. The Kier molecular flexibility index (Phi) is 5.26. The molecule has 1 aliphatic heterocycles. The number of alkyl halides is 3. The van der Waals surface area contributed by atoms with Gasteiger partial charge in [-0.05, 0) is 48.5 Å². The molecule has 0 bridgehead atoms. The number of nitrogens with one attached hydrogen (secondary N) is 1. The number of rotatable bonds is 3. The Labute approximate surface area is 175 Å². The summed E-state index contributed by atoms with van der Waals surface area (Å²) in [7, 11) is 0. The molecule has 0 radical (unpaired) electrons. The Bertz CT molecular complexity index is 1090. The summed E-state index contributed by atoms with van der Waals surface area (Å²) in [6, 6.07) is 12.7. The number of ether oxygens (including phenoxy) is 1. The second-order valence-electron chi connectivity index (χ2n) is 6.49. The molecule has 1 aromatic heterocycles. The SMILES string of the molecule is O=C(Nc1ccc(C(F)(F)F)cc1)c1cccc2c1OCCN2c1ncccc1Cl. The highest BCUT2D eigenvalue weighted by atomic mass is 35.5. The van der Waals surface area contributed by atoms with Crippen LogP contribution in [0.2, 0.25) is 5.02 Å². The monoisotopic (exact) mass is 433 g/mol. The maximum atomic E-state index is 12.8. The van der Waals surface area contributed by atoms with E-state index in [1.807, 2.05) is 4.90 Å². The number of aromatic nitrogens is 1. The van der Waals surface area contributed by atoms with Gasteiger partial charge in [0.05, 0.1) is 28.4 Å². The van der Waals surface area contributed by atoms with Crippen molar-refractivity contribution < 1.29 is 22.7 Å². The van der Waals surface area contributed by atoms with Crippen molar-refractivity contribution >= 4 is 34.7 Å². The van der Waals surface area contributed by atoms with Crippen LogP contribution >= 0.6 is 11.6 Å². The number of carbonyl (C=O) groups excluding carboxylic acids is 1. The van der Waals surface area contributed by atoms with Gasteiger partial charge < -0.3 is 15.0 Å². The molecule has 30 heavy (non-hydrogen) atoms. The van der Waals surface area contributed by atoms with E-state index in [0.717, 1.165) is 12.1 Å². The maximum absolute atomic E-state index is 12.8. The predicted molar refractivity (Wildman–Crippen MR) is 108 cm³/mol. The number of halogens is 4. The molecule has 2 aromatic carbocycles. The van der Waals surface area contributed by atoms with Crippen LogP contribution in [0.1, 0.15) is 15.9 Å². The zero-order valence-electron chi connectivity index (χ0n) is 15.4. The van der Waals surface area contributed by atoms with Crippen LogP contribution in [0.3, 0.4) is 0 Å². The third kappa shape index (κ3) is 3.91. The van der Waals surface area contributed by atoms with Crippen LogP contribution in [0.5, 0.6) is 5.75 Å². The number of nitrogens with zero attached hydrogens (tertiary/aromatic N) is 2. The number of hydrogen-bond donors (Lipinski definition) is 1. The molecule has 5 nitrogen and oxygen atoms in total. The van der Waals surface area contributed by atoms with Crippen molar-refractivity contribution in [3.8, 4) is 5.75 Å². The van der Waals surface area contributed by atoms with Gasteiger partial charge in [-0.15, -0.1) is 0 Å². The Balaban J connectivity index is 1.62. The lowest BCUT2D eigenvalue weighted by molar-refractivity contribution is -0.137. The lowest BCUT2D eigenvalue weighted by Gasteiger charge is -2.31. The molecule has 0 saturated carbocycles. The van der Waals surface area contributed by atoms with E-state index in [-0.39, 0.29) is 11.3 Å². The first kappa shape index (κ1) is 20.0. The molecule has 0 saturated heterocycles. The summed E-state index contributed by atoms with van der Waals surface area (Å²) in [4.78, 5) is 19.0. The molecule has 0 fully saturated rings. The average Bonchev–Trinajstić information content (AvgIpc) is 2.73. The van der Waals surface area contributed by atoms with E-state index in [4.69, 9.17) is 16.3 Å². The van der Waals surface area contributed by atoms with Crippen LogP contribution in [0, 0.1) is 0 Å². The smallest absolute Gasteiger partial charge is 0.416 e. The summed E-state index contributed by atoms with van der Waals surface area (Å²) in [6.45, 7) is 0.804. The number of amides is 1. The largest absolute Gasteiger partial charge is 0.489 e. The van der Waals surface area contributed by atoms with E-state index in [0.29, 0.717) is 35.4 Å². The fourth-order valence-corrected chi connectivity index (χ4v) is 3.39. The number of anilines is 3. The lowest BCUT2D eigenvalue weighted by Crippen LogP contribution is -2.30. The number of hydrogen-bond acceptors (Lipinski definition) is 4. The first-order valence-electron chi connectivity index (χ1n) is 8.97. The normalized spacial score (nSPS) is 13.4. The van der Waals surface area contributed by atoms with Crippen LogP contribution in [0.15, 0.2) is 60.8 Å². The van der Waals surface area contributed by atoms with Gasteiger partial charge in [0.15, 0.2) is 11.6 Å². The Morgan fingerprint density at radius 1 is 1.10 bits per heavy atom. The molecule has 2 heterocycles. The molecule has 154 valence electrons. The third-order valence-electron chi connectivity index (χ3n) is 4.56. The zero-order chi connectivity index (χ0) is 21.3. The summed E-state index contributed by atoms with van der Waals surface area (Å²) >= 11 is 6.27. The van der Waals surface area contributed by atoms with Crippen LogP contribution in [0.4, 0.5) is 30.4 Å².